The molecule has 1 aromatic carbocycles. The maximum atomic E-state index is 12.9. The number of halogens is 3. The summed E-state index contributed by atoms with van der Waals surface area (Å²) in [6.07, 6.45) is -2.20. The van der Waals surface area contributed by atoms with Gasteiger partial charge in [-0.15, -0.1) is 0 Å². The molecule has 0 aliphatic carbocycles. The standard InChI is InChI=1S/C22H26F3N3O4/c23-22(24,25)17-3-1-15(2-4-17)19(29)26-9-5-16(6-10-26)20(30)27-11-7-18(8-12-27)28-13-14-32-21(28)31/h1-4,16,18H,5-14H2. The van der Waals surface area contributed by atoms with E-state index in [9.17, 15) is 27.6 Å². The van der Waals surface area contributed by atoms with E-state index in [2.05, 4.69) is 0 Å². The van der Waals surface area contributed by atoms with Crippen LogP contribution >= 0.6 is 0 Å². The minimum Gasteiger partial charge on any atom is -0.448 e. The molecule has 0 saturated carbocycles. The van der Waals surface area contributed by atoms with Crippen LogP contribution in [0.4, 0.5) is 18.0 Å². The quantitative estimate of drug-likeness (QED) is 0.706. The Labute approximate surface area is 184 Å². The molecule has 3 amide bonds. The molecule has 3 fully saturated rings. The van der Waals surface area contributed by atoms with Crippen molar-refractivity contribution in [3.63, 3.8) is 0 Å². The number of likely N-dealkylation sites (tertiary alicyclic amines) is 2. The molecule has 3 aliphatic rings. The number of amides is 3. The molecule has 32 heavy (non-hydrogen) atoms. The number of alkyl halides is 3. The maximum Gasteiger partial charge on any atom is 0.416 e. The number of carbonyl (C=O) groups is 3. The Bertz CT molecular complexity index is 858. The molecule has 3 heterocycles. The highest BCUT2D eigenvalue weighted by molar-refractivity contribution is 5.94. The van der Waals surface area contributed by atoms with Crippen LogP contribution in [-0.4, -0.2) is 78.0 Å². The van der Waals surface area contributed by atoms with Gasteiger partial charge in [0.25, 0.3) is 5.91 Å². The Morgan fingerprint density at radius 3 is 2.00 bits per heavy atom. The molecule has 7 nitrogen and oxygen atoms in total. The molecule has 0 unspecified atom stereocenters. The zero-order chi connectivity index (χ0) is 22.9. The first-order valence-corrected chi connectivity index (χ1v) is 10.9. The maximum absolute atomic E-state index is 12.9. The molecule has 0 atom stereocenters. The van der Waals surface area contributed by atoms with E-state index < -0.39 is 11.7 Å². The highest BCUT2D eigenvalue weighted by atomic mass is 19.4. The van der Waals surface area contributed by atoms with Crippen molar-refractivity contribution in [1.29, 1.82) is 0 Å². The second-order valence-electron chi connectivity index (χ2n) is 8.51. The number of ether oxygens (including phenoxy) is 1. The topological polar surface area (TPSA) is 70.2 Å². The lowest BCUT2D eigenvalue weighted by molar-refractivity contribution is -0.138. The van der Waals surface area contributed by atoms with Gasteiger partial charge in [0, 0.05) is 43.7 Å². The van der Waals surface area contributed by atoms with E-state index in [1.54, 1.807) is 9.80 Å². The van der Waals surface area contributed by atoms with Gasteiger partial charge in [-0.05, 0) is 49.9 Å². The molecule has 3 aliphatic heterocycles. The van der Waals surface area contributed by atoms with Crippen LogP contribution in [0.25, 0.3) is 0 Å². The second kappa shape index (κ2) is 8.99. The summed E-state index contributed by atoms with van der Waals surface area (Å²) in [5.41, 5.74) is -0.575. The summed E-state index contributed by atoms with van der Waals surface area (Å²) in [6, 6.07) is 4.33. The van der Waals surface area contributed by atoms with Crippen molar-refractivity contribution < 1.29 is 32.3 Å². The van der Waals surface area contributed by atoms with Crippen LogP contribution in [0.5, 0.6) is 0 Å². The zero-order valence-corrected chi connectivity index (χ0v) is 17.6. The van der Waals surface area contributed by atoms with Crippen LogP contribution in [0.1, 0.15) is 41.6 Å². The van der Waals surface area contributed by atoms with E-state index in [0.29, 0.717) is 52.2 Å². The fourth-order valence-electron chi connectivity index (χ4n) is 4.71. The molecule has 3 saturated heterocycles. The highest BCUT2D eigenvalue weighted by Crippen LogP contribution is 2.30. The van der Waals surface area contributed by atoms with Crippen molar-refractivity contribution in [2.24, 2.45) is 5.92 Å². The molecule has 0 radical (unpaired) electrons. The molecule has 0 bridgehead atoms. The van der Waals surface area contributed by atoms with Crippen LogP contribution < -0.4 is 0 Å². The summed E-state index contributed by atoms with van der Waals surface area (Å²) in [5.74, 6) is -0.406. The summed E-state index contributed by atoms with van der Waals surface area (Å²) in [5, 5.41) is 0. The SMILES string of the molecule is O=C(c1ccc(C(F)(F)F)cc1)N1CCC(C(=O)N2CCC(N3CCOC3=O)CC2)CC1. The molecule has 0 spiro atoms. The van der Waals surface area contributed by atoms with Crippen LogP contribution in [0, 0.1) is 5.92 Å². The van der Waals surface area contributed by atoms with E-state index >= 15 is 0 Å². The third kappa shape index (κ3) is 4.68. The smallest absolute Gasteiger partial charge is 0.416 e. The number of benzene rings is 1. The lowest BCUT2D eigenvalue weighted by Gasteiger charge is -2.39. The van der Waals surface area contributed by atoms with Gasteiger partial charge in [-0.1, -0.05) is 0 Å². The molecule has 0 aromatic heterocycles. The normalized spacial score (nSPS) is 21.1. The average molecular weight is 453 g/mol. The molecule has 0 N–H and O–H groups in total. The minimum absolute atomic E-state index is 0.0778. The highest BCUT2D eigenvalue weighted by Gasteiger charge is 2.36. The molecular weight excluding hydrogens is 427 g/mol. The number of hydrogen-bond donors (Lipinski definition) is 0. The van der Waals surface area contributed by atoms with Crippen molar-refractivity contribution in [2.45, 2.75) is 37.9 Å². The summed E-state index contributed by atoms with van der Waals surface area (Å²) in [7, 11) is 0. The van der Waals surface area contributed by atoms with Gasteiger partial charge < -0.3 is 19.4 Å². The number of rotatable bonds is 3. The summed E-state index contributed by atoms with van der Waals surface area (Å²) in [6.45, 7) is 3.00. The molecule has 1 aromatic rings. The van der Waals surface area contributed by atoms with Gasteiger partial charge in [-0.2, -0.15) is 13.2 Å². The predicted molar refractivity (Wildman–Crippen MR) is 108 cm³/mol. The van der Waals surface area contributed by atoms with Gasteiger partial charge in [0.1, 0.15) is 6.61 Å². The average Bonchev–Trinajstić information content (AvgIpc) is 3.23. The summed E-state index contributed by atoms with van der Waals surface area (Å²) < 4.78 is 43.1. The van der Waals surface area contributed by atoms with Gasteiger partial charge in [-0.3, -0.25) is 9.59 Å². The Kier molecular flexibility index (Phi) is 6.30. The van der Waals surface area contributed by atoms with Crippen molar-refractivity contribution in [1.82, 2.24) is 14.7 Å². The van der Waals surface area contributed by atoms with Crippen LogP contribution in [0.3, 0.4) is 0 Å². The van der Waals surface area contributed by atoms with E-state index in [1.165, 1.54) is 12.1 Å². The summed E-state index contributed by atoms with van der Waals surface area (Å²) >= 11 is 0. The minimum atomic E-state index is -4.44. The zero-order valence-electron chi connectivity index (χ0n) is 17.6. The van der Waals surface area contributed by atoms with Gasteiger partial charge in [-0.25, -0.2) is 4.79 Å². The van der Waals surface area contributed by atoms with Crippen molar-refractivity contribution >= 4 is 17.9 Å². The van der Waals surface area contributed by atoms with Crippen molar-refractivity contribution in [3.05, 3.63) is 35.4 Å². The van der Waals surface area contributed by atoms with Gasteiger partial charge in [0.2, 0.25) is 5.91 Å². The lowest BCUT2D eigenvalue weighted by atomic mass is 9.93. The third-order valence-corrected chi connectivity index (χ3v) is 6.60. The number of piperidine rings is 2. The lowest BCUT2D eigenvalue weighted by Crippen LogP contribution is -2.50. The first kappa shape index (κ1) is 22.4. The van der Waals surface area contributed by atoms with Crippen molar-refractivity contribution in [3.8, 4) is 0 Å². The predicted octanol–water partition coefficient (Wildman–Crippen LogP) is 3.00. The fourth-order valence-corrected chi connectivity index (χ4v) is 4.71. The molecule has 10 heteroatoms. The molecular formula is C22H26F3N3O4. The Hall–Kier alpha value is -2.78. The monoisotopic (exact) mass is 453 g/mol. The first-order chi connectivity index (χ1) is 15.2. The number of nitrogens with zero attached hydrogens (tertiary/aromatic N) is 3. The molecule has 4 rings (SSSR count). The third-order valence-electron chi connectivity index (χ3n) is 6.60. The Morgan fingerprint density at radius 2 is 1.47 bits per heavy atom. The van der Waals surface area contributed by atoms with E-state index in [-0.39, 0.29) is 35.4 Å². The van der Waals surface area contributed by atoms with E-state index in [4.69, 9.17) is 4.74 Å². The number of carbonyl (C=O) groups excluding carboxylic acids is 3. The van der Waals surface area contributed by atoms with E-state index in [1.807, 2.05) is 4.90 Å². The second-order valence-corrected chi connectivity index (χ2v) is 8.51. The molecule has 174 valence electrons. The van der Waals surface area contributed by atoms with Gasteiger partial charge in [0.15, 0.2) is 0 Å². The number of cyclic esters (lactones) is 1. The number of hydrogen-bond acceptors (Lipinski definition) is 4. The fraction of sp³-hybridized carbons (Fsp3) is 0.591. The van der Waals surface area contributed by atoms with Gasteiger partial charge >= 0.3 is 12.3 Å². The largest absolute Gasteiger partial charge is 0.448 e. The van der Waals surface area contributed by atoms with Crippen LogP contribution in [-0.2, 0) is 15.7 Å². The Morgan fingerprint density at radius 1 is 0.875 bits per heavy atom. The Balaban J connectivity index is 1.26. The van der Waals surface area contributed by atoms with Crippen LogP contribution in [0.15, 0.2) is 24.3 Å². The summed E-state index contributed by atoms with van der Waals surface area (Å²) in [4.78, 5) is 42.5. The van der Waals surface area contributed by atoms with Gasteiger partial charge in [0.05, 0.1) is 12.1 Å². The first-order valence-electron chi connectivity index (χ1n) is 10.9. The van der Waals surface area contributed by atoms with Crippen molar-refractivity contribution in [2.75, 3.05) is 39.3 Å². The van der Waals surface area contributed by atoms with E-state index in [0.717, 1.165) is 25.0 Å². The van der Waals surface area contributed by atoms with Crippen LogP contribution in [0.2, 0.25) is 0 Å².